The minimum atomic E-state index is -0.588. The van der Waals surface area contributed by atoms with Crippen LogP contribution in [0, 0.1) is 12.7 Å². The molecule has 0 spiro atoms. The molecule has 1 heterocycles. The van der Waals surface area contributed by atoms with E-state index in [4.69, 9.17) is 10.5 Å². The molecule has 0 unspecified atom stereocenters. The smallest absolute Gasteiger partial charge is 0.338 e. The van der Waals surface area contributed by atoms with Crippen LogP contribution in [-0.4, -0.2) is 5.97 Å². The molecular formula is C13H11BrFNO2S. The van der Waals surface area contributed by atoms with Crippen molar-refractivity contribution in [2.45, 2.75) is 13.5 Å². The van der Waals surface area contributed by atoms with Crippen molar-refractivity contribution in [3.8, 4) is 0 Å². The van der Waals surface area contributed by atoms with Gasteiger partial charge in [-0.15, -0.1) is 11.3 Å². The topological polar surface area (TPSA) is 52.3 Å². The summed E-state index contributed by atoms with van der Waals surface area (Å²) < 4.78 is 19.5. The highest BCUT2D eigenvalue weighted by Crippen LogP contribution is 2.22. The van der Waals surface area contributed by atoms with Gasteiger partial charge >= 0.3 is 5.97 Å². The van der Waals surface area contributed by atoms with Gasteiger partial charge in [-0.2, -0.15) is 0 Å². The Hall–Kier alpha value is -1.40. The Kier molecular flexibility index (Phi) is 4.21. The van der Waals surface area contributed by atoms with Gasteiger partial charge < -0.3 is 10.5 Å². The molecule has 2 rings (SSSR count). The van der Waals surface area contributed by atoms with Crippen molar-refractivity contribution < 1.29 is 13.9 Å². The number of esters is 1. The molecule has 0 aliphatic rings. The Labute approximate surface area is 122 Å². The average Bonchev–Trinajstić information content (AvgIpc) is 2.78. The summed E-state index contributed by atoms with van der Waals surface area (Å²) in [6.45, 7) is 1.72. The maximum atomic E-state index is 13.5. The Bertz CT molecular complexity index is 604. The highest BCUT2D eigenvalue weighted by atomic mass is 79.9. The molecule has 1 aromatic carbocycles. The summed E-state index contributed by atoms with van der Waals surface area (Å²) in [6, 6.07) is 4.42. The lowest BCUT2D eigenvalue weighted by atomic mass is 10.1. The monoisotopic (exact) mass is 343 g/mol. The van der Waals surface area contributed by atoms with Crippen molar-refractivity contribution in [3.05, 3.63) is 49.9 Å². The molecule has 0 amide bonds. The van der Waals surface area contributed by atoms with Crippen LogP contribution >= 0.6 is 27.3 Å². The molecule has 0 saturated heterocycles. The maximum absolute atomic E-state index is 13.5. The number of halogens is 2. The molecule has 100 valence electrons. The molecule has 0 atom stereocenters. The van der Waals surface area contributed by atoms with E-state index in [2.05, 4.69) is 15.9 Å². The van der Waals surface area contributed by atoms with Crippen molar-refractivity contribution in [1.29, 1.82) is 0 Å². The fraction of sp³-hybridized carbons (Fsp3) is 0.154. The molecule has 0 radical (unpaired) electrons. The summed E-state index contributed by atoms with van der Waals surface area (Å²) in [5.41, 5.74) is 6.31. The zero-order valence-electron chi connectivity index (χ0n) is 10.1. The van der Waals surface area contributed by atoms with Crippen LogP contribution in [0.2, 0.25) is 0 Å². The molecule has 19 heavy (non-hydrogen) atoms. The number of nitrogen functional groups attached to an aromatic ring is 1. The van der Waals surface area contributed by atoms with E-state index in [1.807, 2.05) is 11.4 Å². The first-order valence-electron chi connectivity index (χ1n) is 5.43. The van der Waals surface area contributed by atoms with Gasteiger partial charge in [0.05, 0.1) is 5.56 Å². The number of ether oxygens (including phenoxy) is 1. The molecule has 0 saturated carbocycles. The third kappa shape index (κ3) is 3.33. The summed E-state index contributed by atoms with van der Waals surface area (Å²) >= 11 is 4.79. The Morgan fingerprint density at radius 2 is 2.21 bits per heavy atom. The number of rotatable bonds is 3. The van der Waals surface area contributed by atoms with Crippen LogP contribution in [0.4, 0.5) is 10.1 Å². The van der Waals surface area contributed by atoms with Crippen molar-refractivity contribution in [2.75, 3.05) is 5.73 Å². The third-order valence-electron chi connectivity index (χ3n) is 2.59. The van der Waals surface area contributed by atoms with E-state index in [9.17, 15) is 9.18 Å². The predicted molar refractivity (Wildman–Crippen MR) is 76.7 cm³/mol. The number of anilines is 1. The van der Waals surface area contributed by atoms with Crippen LogP contribution in [0.3, 0.4) is 0 Å². The molecule has 2 N–H and O–H groups in total. The highest BCUT2D eigenvalue weighted by Gasteiger charge is 2.12. The molecule has 2 aromatic rings. The number of hydrogen-bond donors (Lipinski definition) is 1. The average molecular weight is 344 g/mol. The molecule has 0 bridgehead atoms. The second-order valence-corrected chi connectivity index (χ2v) is 5.89. The molecule has 0 aliphatic heterocycles. The standard InChI is InChI=1S/C13H11BrFNO2S/c1-7-11(15)2-8(3-12(7)16)13(17)18-5-10-4-9(14)6-19-10/h2-4,6H,5,16H2,1H3. The number of nitrogens with two attached hydrogens (primary N) is 1. The lowest BCUT2D eigenvalue weighted by molar-refractivity contribution is 0.0476. The largest absolute Gasteiger partial charge is 0.456 e. The molecule has 0 fully saturated rings. The van der Waals surface area contributed by atoms with Crippen LogP contribution in [0.1, 0.15) is 20.8 Å². The summed E-state index contributed by atoms with van der Waals surface area (Å²) in [4.78, 5) is 12.7. The minimum Gasteiger partial charge on any atom is -0.456 e. The van der Waals surface area contributed by atoms with Crippen molar-refractivity contribution >= 4 is 38.9 Å². The van der Waals surface area contributed by atoms with Gasteiger partial charge in [-0.05, 0) is 41.1 Å². The number of hydrogen-bond acceptors (Lipinski definition) is 4. The molecule has 0 aliphatic carbocycles. The van der Waals surface area contributed by atoms with Crippen LogP contribution in [0.15, 0.2) is 28.1 Å². The zero-order valence-corrected chi connectivity index (χ0v) is 12.5. The van der Waals surface area contributed by atoms with Gasteiger partial charge in [0.2, 0.25) is 0 Å². The second-order valence-electron chi connectivity index (χ2n) is 3.98. The fourth-order valence-corrected chi connectivity index (χ4v) is 2.83. The van der Waals surface area contributed by atoms with Gasteiger partial charge in [0.15, 0.2) is 0 Å². The van der Waals surface area contributed by atoms with E-state index in [0.717, 1.165) is 15.4 Å². The predicted octanol–water partition coefficient (Wildman–Crippen LogP) is 3.90. The summed E-state index contributed by atoms with van der Waals surface area (Å²) in [6.07, 6.45) is 0. The zero-order chi connectivity index (χ0) is 14.0. The third-order valence-corrected chi connectivity index (χ3v) is 4.26. The SMILES string of the molecule is Cc1c(N)cc(C(=O)OCc2cc(Br)cs2)cc1F. The number of carbonyl (C=O) groups is 1. The van der Waals surface area contributed by atoms with Gasteiger partial charge in [0.1, 0.15) is 12.4 Å². The van der Waals surface area contributed by atoms with Gasteiger partial charge in [0, 0.05) is 26.0 Å². The lowest BCUT2D eigenvalue weighted by Crippen LogP contribution is -2.07. The lowest BCUT2D eigenvalue weighted by Gasteiger charge is -2.07. The van der Waals surface area contributed by atoms with Gasteiger partial charge in [0.25, 0.3) is 0 Å². The number of benzene rings is 1. The van der Waals surface area contributed by atoms with Crippen LogP contribution in [0.5, 0.6) is 0 Å². The first-order valence-corrected chi connectivity index (χ1v) is 7.10. The fourth-order valence-electron chi connectivity index (χ4n) is 1.47. The van der Waals surface area contributed by atoms with Crippen molar-refractivity contribution in [3.63, 3.8) is 0 Å². The normalized spacial score (nSPS) is 10.5. The van der Waals surface area contributed by atoms with Crippen molar-refractivity contribution in [2.24, 2.45) is 0 Å². The Morgan fingerprint density at radius 1 is 1.47 bits per heavy atom. The van der Waals surface area contributed by atoms with Gasteiger partial charge in [-0.1, -0.05) is 0 Å². The summed E-state index contributed by atoms with van der Waals surface area (Å²) in [7, 11) is 0. The minimum absolute atomic E-state index is 0.122. The first-order chi connectivity index (χ1) is 8.97. The van der Waals surface area contributed by atoms with Crippen LogP contribution in [-0.2, 0) is 11.3 Å². The molecule has 6 heteroatoms. The highest BCUT2D eigenvalue weighted by molar-refractivity contribution is 9.10. The summed E-state index contributed by atoms with van der Waals surface area (Å²) in [5, 5.41) is 1.90. The van der Waals surface area contributed by atoms with E-state index in [0.29, 0.717) is 5.56 Å². The molecular weight excluding hydrogens is 333 g/mol. The first kappa shape index (κ1) is 14.0. The molecule has 3 nitrogen and oxygen atoms in total. The van der Waals surface area contributed by atoms with Gasteiger partial charge in [-0.3, -0.25) is 0 Å². The summed E-state index contributed by atoms with van der Waals surface area (Å²) in [5.74, 6) is -1.10. The number of carbonyl (C=O) groups excluding carboxylic acids is 1. The van der Waals surface area contributed by atoms with Crippen molar-refractivity contribution in [1.82, 2.24) is 0 Å². The second kappa shape index (κ2) is 5.71. The van der Waals surface area contributed by atoms with E-state index >= 15 is 0 Å². The van der Waals surface area contributed by atoms with Crippen LogP contribution < -0.4 is 5.73 Å². The maximum Gasteiger partial charge on any atom is 0.338 e. The van der Waals surface area contributed by atoms with Gasteiger partial charge in [-0.25, -0.2) is 9.18 Å². The number of thiophene rings is 1. The van der Waals surface area contributed by atoms with E-state index in [1.165, 1.54) is 17.4 Å². The molecule has 1 aromatic heterocycles. The quantitative estimate of drug-likeness (QED) is 0.679. The van der Waals surface area contributed by atoms with E-state index in [1.54, 1.807) is 6.92 Å². The Balaban J connectivity index is 2.08. The van der Waals surface area contributed by atoms with Crippen LogP contribution in [0.25, 0.3) is 0 Å². The van der Waals surface area contributed by atoms with E-state index < -0.39 is 11.8 Å². The van der Waals surface area contributed by atoms with E-state index in [-0.39, 0.29) is 17.9 Å². The Morgan fingerprint density at radius 3 is 2.79 bits per heavy atom.